The predicted octanol–water partition coefficient (Wildman–Crippen LogP) is 3.24. The number of hydrogen-bond donors (Lipinski definition) is 2. The average molecular weight is 454 g/mol. The second-order valence-electron chi connectivity index (χ2n) is 5.08. The normalized spacial score (nSPS) is 11.2. The summed E-state index contributed by atoms with van der Waals surface area (Å²) in [6.45, 7) is 7.72. The number of aryl methyl sites for hydroxylation is 1. The second-order valence-corrected chi connectivity index (χ2v) is 6.02. The lowest BCUT2D eigenvalue weighted by Crippen LogP contribution is -2.39. The number of aliphatic imine (C=N–C) groups is 1. The number of aromatic nitrogens is 1. The molecule has 0 fully saturated rings. The first-order valence-corrected chi connectivity index (χ1v) is 9.13. The van der Waals surface area contributed by atoms with Crippen molar-refractivity contribution in [1.82, 2.24) is 15.6 Å². The minimum atomic E-state index is 0. The van der Waals surface area contributed by atoms with E-state index >= 15 is 0 Å². The Kier molecular flexibility index (Phi) is 14.9. The molecule has 0 bridgehead atoms. The van der Waals surface area contributed by atoms with Crippen LogP contribution in [0.4, 0.5) is 0 Å². The summed E-state index contributed by atoms with van der Waals surface area (Å²) in [6, 6.07) is 0. The highest BCUT2D eigenvalue weighted by Gasteiger charge is 2.01. The van der Waals surface area contributed by atoms with Gasteiger partial charge in [0.1, 0.15) is 0 Å². The Bertz CT molecular complexity index is 426. The standard InChI is InChI=1S/C16H30N4OS.HI/c1-4-6-11-21-12-7-9-18-16(17-3)19-10-8-14-13-22-15(5-2)20-14;/h13H,4-12H2,1-3H3,(H2,17,18,19);1H. The fourth-order valence-corrected chi connectivity index (χ4v) is 2.66. The van der Waals surface area contributed by atoms with Gasteiger partial charge in [-0.3, -0.25) is 4.99 Å². The van der Waals surface area contributed by atoms with E-state index in [0.29, 0.717) is 0 Å². The van der Waals surface area contributed by atoms with E-state index in [4.69, 9.17) is 4.74 Å². The van der Waals surface area contributed by atoms with Crippen molar-refractivity contribution in [3.8, 4) is 0 Å². The van der Waals surface area contributed by atoms with Gasteiger partial charge in [0.05, 0.1) is 10.7 Å². The van der Waals surface area contributed by atoms with Crippen molar-refractivity contribution < 1.29 is 4.74 Å². The van der Waals surface area contributed by atoms with Crippen LogP contribution in [-0.2, 0) is 17.6 Å². The summed E-state index contributed by atoms with van der Waals surface area (Å²) in [5, 5.41) is 9.98. The van der Waals surface area contributed by atoms with Crippen LogP contribution in [0.15, 0.2) is 10.4 Å². The Morgan fingerprint density at radius 2 is 1.96 bits per heavy atom. The van der Waals surface area contributed by atoms with Crippen LogP contribution in [0.5, 0.6) is 0 Å². The molecule has 1 rings (SSSR count). The molecule has 0 aromatic carbocycles. The fraction of sp³-hybridized carbons (Fsp3) is 0.750. The van der Waals surface area contributed by atoms with Crippen molar-refractivity contribution in [2.75, 3.05) is 33.4 Å². The Balaban J connectivity index is 0.00000484. The van der Waals surface area contributed by atoms with Gasteiger partial charge in [0.2, 0.25) is 0 Å². The van der Waals surface area contributed by atoms with E-state index in [2.05, 4.69) is 39.8 Å². The molecule has 0 saturated heterocycles. The Morgan fingerprint density at radius 1 is 1.22 bits per heavy atom. The number of ether oxygens (including phenoxy) is 1. The Hall–Kier alpha value is -0.410. The molecular weight excluding hydrogens is 423 g/mol. The summed E-state index contributed by atoms with van der Waals surface area (Å²) in [6.07, 6.45) is 5.27. The molecule has 0 unspecified atom stereocenters. The van der Waals surface area contributed by atoms with E-state index in [-0.39, 0.29) is 24.0 Å². The number of hydrogen-bond acceptors (Lipinski definition) is 4. The maximum absolute atomic E-state index is 5.53. The van der Waals surface area contributed by atoms with Crippen molar-refractivity contribution >= 4 is 41.3 Å². The lowest BCUT2D eigenvalue weighted by Gasteiger charge is -2.11. The molecule has 1 aromatic heterocycles. The van der Waals surface area contributed by atoms with Crippen LogP contribution in [0.1, 0.15) is 43.8 Å². The third-order valence-electron chi connectivity index (χ3n) is 3.20. The van der Waals surface area contributed by atoms with E-state index in [1.807, 2.05) is 0 Å². The quantitative estimate of drug-likeness (QED) is 0.233. The number of rotatable bonds is 11. The summed E-state index contributed by atoms with van der Waals surface area (Å²) in [5.41, 5.74) is 1.16. The molecule has 0 atom stereocenters. The lowest BCUT2D eigenvalue weighted by atomic mass is 10.3. The van der Waals surface area contributed by atoms with Gasteiger partial charge >= 0.3 is 0 Å². The number of thiazole rings is 1. The maximum atomic E-state index is 5.53. The summed E-state index contributed by atoms with van der Waals surface area (Å²) in [5.74, 6) is 0.847. The molecule has 2 N–H and O–H groups in total. The highest BCUT2D eigenvalue weighted by molar-refractivity contribution is 14.0. The van der Waals surface area contributed by atoms with Gasteiger partial charge in [-0.25, -0.2) is 4.98 Å². The third kappa shape index (κ3) is 10.9. The van der Waals surface area contributed by atoms with E-state index in [1.54, 1.807) is 18.4 Å². The summed E-state index contributed by atoms with van der Waals surface area (Å²) in [4.78, 5) is 8.79. The predicted molar refractivity (Wildman–Crippen MR) is 110 cm³/mol. The van der Waals surface area contributed by atoms with Crippen LogP contribution >= 0.6 is 35.3 Å². The smallest absolute Gasteiger partial charge is 0.190 e. The molecule has 1 heterocycles. The van der Waals surface area contributed by atoms with Crippen LogP contribution < -0.4 is 10.6 Å². The zero-order valence-electron chi connectivity index (χ0n) is 14.6. The highest BCUT2D eigenvalue weighted by atomic mass is 127. The number of nitrogens with zero attached hydrogens (tertiary/aromatic N) is 2. The van der Waals surface area contributed by atoms with Crippen molar-refractivity contribution in [3.05, 3.63) is 16.1 Å². The second kappa shape index (κ2) is 15.1. The number of guanidine groups is 1. The molecule has 0 amide bonds. The molecule has 5 nitrogen and oxygen atoms in total. The van der Waals surface area contributed by atoms with Gasteiger partial charge in [-0.15, -0.1) is 35.3 Å². The molecule has 0 saturated carbocycles. The number of unbranched alkanes of at least 4 members (excludes halogenated alkanes) is 1. The van der Waals surface area contributed by atoms with Gasteiger partial charge in [0, 0.05) is 45.2 Å². The average Bonchev–Trinajstić information content (AvgIpc) is 3.00. The van der Waals surface area contributed by atoms with E-state index in [9.17, 15) is 0 Å². The molecule has 0 spiro atoms. The first kappa shape index (κ1) is 22.6. The van der Waals surface area contributed by atoms with Crippen LogP contribution in [0, 0.1) is 0 Å². The highest BCUT2D eigenvalue weighted by Crippen LogP contribution is 2.10. The third-order valence-corrected chi connectivity index (χ3v) is 4.24. The first-order chi connectivity index (χ1) is 10.8. The molecule has 0 aliphatic heterocycles. The Labute approximate surface area is 161 Å². The number of nitrogens with one attached hydrogen (secondary N) is 2. The van der Waals surface area contributed by atoms with Gasteiger partial charge < -0.3 is 15.4 Å². The maximum Gasteiger partial charge on any atom is 0.190 e. The van der Waals surface area contributed by atoms with Gasteiger partial charge in [0.15, 0.2) is 5.96 Å². The van der Waals surface area contributed by atoms with Gasteiger partial charge in [-0.05, 0) is 19.3 Å². The molecule has 7 heteroatoms. The van der Waals surface area contributed by atoms with Crippen molar-refractivity contribution in [1.29, 1.82) is 0 Å². The molecule has 0 aliphatic rings. The van der Waals surface area contributed by atoms with Crippen LogP contribution in [0.25, 0.3) is 0 Å². The van der Waals surface area contributed by atoms with Crippen molar-refractivity contribution in [2.45, 2.75) is 46.0 Å². The first-order valence-electron chi connectivity index (χ1n) is 8.25. The summed E-state index contributed by atoms with van der Waals surface area (Å²) in [7, 11) is 1.80. The van der Waals surface area contributed by atoms with E-state index in [0.717, 1.165) is 63.6 Å². The Morgan fingerprint density at radius 3 is 2.61 bits per heavy atom. The zero-order valence-corrected chi connectivity index (χ0v) is 17.7. The number of halogens is 1. The van der Waals surface area contributed by atoms with Crippen LogP contribution in [0.2, 0.25) is 0 Å². The zero-order chi connectivity index (χ0) is 16.0. The molecule has 0 radical (unpaired) electrons. The van der Waals surface area contributed by atoms with Crippen molar-refractivity contribution in [3.63, 3.8) is 0 Å². The fourth-order valence-electron chi connectivity index (χ4n) is 1.89. The SMILES string of the molecule is CCCCOCCCNC(=NC)NCCc1csc(CC)n1.I. The van der Waals surface area contributed by atoms with Gasteiger partial charge in [-0.2, -0.15) is 0 Å². The van der Waals surface area contributed by atoms with E-state index < -0.39 is 0 Å². The monoisotopic (exact) mass is 454 g/mol. The summed E-state index contributed by atoms with van der Waals surface area (Å²) >= 11 is 1.74. The molecular formula is C16H31IN4OS. The lowest BCUT2D eigenvalue weighted by molar-refractivity contribution is 0.129. The van der Waals surface area contributed by atoms with Crippen molar-refractivity contribution in [2.24, 2.45) is 4.99 Å². The molecule has 23 heavy (non-hydrogen) atoms. The summed E-state index contributed by atoms with van der Waals surface area (Å²) < 4.78 is 5.53. The molecule has 1 aromatic rings. The van der Waals surface area contributed by atoms with E-state index in [1.165, 1.54) is 11.4 Å². The minimum absolute atomic E-state index is 0. The van der Waals surface area contributed by atoms with Gasteiger partial charge in [0.25, 0.3) is 0 Å². The topological polar surface area (TPSA) is 58.5 Å². The minimum Gasteiger partial charge on any atom is -0.381 e. The molecule has 0 aliphatic carbocycles. The van der Waals surface area contributed by atoms with Crippen LogP contribution in [-0.4, -0.2) is 44.3 Å². The largest absolute Gasteiger partial charge is 0.381 e. The molecule has 134 valence electrons. The van der Waals surface area contributed by atoms with Crippen LogP contribution in [0.3, 0.4) is 0 Å². The van der Waals surface area contributed by atoms with Gasteiger partial charge in [-0.1, -0.05) is 20.3 Å².